The standard InChI is InChI=1S/C25H22N4O/c1-25(2)10-7-17-13-16(3-4-20(17)23(30)14-25)19-5-6-22-21(19)15-27-24(29-22)28-18-8-11-26-12-9-18/h3-5,7-13,15H,6,14H2,1-2H3,(H,26,27,28,29). The molecule has 0 aliphatic heterocycles. The van der Waals surface area contributed by atoms with E-state index in [0.29, 0.717) is 12.4 Å². The monoisotopic (exact) mass is 394 g/mol. The van der Waals surface area contributed by atoms with Crippen molar-refractivity contribution in [3.05, 3.63) is 89.0 Å². The fourth-order valence-corrected chi connectivity index (χ4v) is 4.01. The highest BCUT2D eigenvalue weighted by Crippen LogP contribution is 2.36. The maximum absolute atomic E-state index is 12.7. The van der Waals surface area contributed by atoms with Crippen LogP contribution >= 0.6 is 0 Å². The summed E-state index contributed by atoms with van der Waals surface area (Å²) in [5.41, 5.74) is 6.80. The molecule has 0 amide bonds. The SMILES string of the molecule is CC1(C)C=Cc2cc(C3=CCc4nc(Nc5ccncc5)ncc43)ccc2C(=O)C1. The number of hydrogen-bond donors (Lipinski definition) is 1. The van der Waals surface area contributed by atoms with Crippen LogP contribution in [-0.2, 0) is 6.42 Å². The van der Waals surface area contributed by atoms with Crippen LogP contribution in [0.1, 0.15) is 53.0 Å². The summed E-state index contributed by atoms with van der Waals surface area (Å²) in [5, 5.41) is 3.22. The summed E-state index contributed by atoms with van der Waals surface area (Å²) in [7, 11) is 0. The Bertz CT molecular complexity index is 1210. The fourth-order valence-electron chi connectivity index (χ4n) is 4.01. The highest BCUT2D eigenvalue weighted by molar-refractivity contribution is 6.01. The van der Waals surface area contributed by atoms with Gasteiger partial charge in [-0.15, -0.1) is 0 Å². The number of Topliss-reactive ketones (excluding diaryl/α,β-unsaturated/α-hetero) is 1. The van der Waals surface area contributed by atoms with Gasteiger partial charge in [0.05, 0.1) is 5.69 Å². The first-order valence-electron chi connectivity index (χ1n) is 10.1. The van der Waals surface area contributed by atoms with E-state index in [9.17, 15) is 4.79 Å². The molecule has 0 bridgehead atoms. The predicted molar refractivity (Wildman–Crippen MR) is 119 cm³/mol. The molecule has 0 atom stereocenters. The first-order valence-corrected chi connectivity index (χ1v) is 10.1. The molecule has 0 unspecified atom stereocenters. The van der Waals surface area contributed by atoms with Crippen molar-refractivity contribution in [3.8, 4) is 0 Å². The Morgan fingerprint density at radius 1 is 1.07 bits per heavy atom. The van der Waals surface area contributed by atoms with E-state index >= 15 is 0 Å². The number of benzene rings is 1. The molecule has 1 aromatic carbocycles. The number of pyridine rings is 1. The maximum atomic E-state index is 12.7. The van der Waals surface area contributed by atoms with Gasteiger partial charge in [-0.3, -0.25) is 9.78 Å². The predicted octanol–water partition coefficient (Wildman–Crippen LogP) is 5.23. The van der Waals surface area contributed by atoms with Crippen molar-refractivity contribution in [2.24, 2.45) is 5.41 Å². The Morgan fingerprint density at radius 3 is 2.73 bits per heavy atom. The molecule has 5 nitrogen and oxygen atoms in total. The number of rotatable bonds is 3. The van der Waals surface area contributed by atoms with Gasteiger partial charge in [0, 0.05) is 48.2 Å². The number of ketones is 1. The quantitative estimate of drug-likeness (QED) is 0.659. The normalized spacial score (nSPS) is 16.5. The molecule has 0 saturated heterocycles. The van der Waals surface area contributed by atoms with Crippen LogP contribution in [0.5, 0.6) is 0 Å². The summed E-state index contributed by atoms with van der Waals surface area (Å²) in [4.78, 5) is 25.9. The molecule has 0 fully saturated rings. The number of hydrogen-bond acceptors (Lipinski definition) is 5. The molecule has 3 aromatic rings. The van der Waals surface area contributed by atoms with Crippen LogP contribution in [0.15, 0.2) is 61.1 Å². The zero-order valence-corrected chi connectivity index (χ0v) is 17.0. The second-order valence-corrected chi connectivity index (χ2v) is 8.46. The Balaban J connectivity index is 1.45. The van der Waals surface area contributed by atoms with Gasteiger partial charge in [0.15, 0.2) is 5.78 Å². The first kappa shape index (κ1) is 18.4. The minimum Gasteiger partial charge on any atom is -0.324 e. The van der Waals surface area contributed by atoms with Crippen LogP contribution in [0.4, 0.5) is 11.6 Å². The van der Waals surface area contributed by atoms with Gasteiger partial charge in [0.1, 0.15) is 0 Å². The van der Waals surface area contributed by atoms with Gasteiger partial charge in [-0.2, -0.15) is 0 Å². The number of nitrogens with one attached hydrogen (secondary N) is 1. The van der Waals surface area contributed by atoms with Gasteiger partial charge in [-0.25, -0.2) is 9.97 Å². The van der Waals surface area contributed by atoms with Crippen LogP contribution in [0.25, 0.3) is 11.6 Å². The first-order chi connectivity index (χ1) is 14.5. The zero-order valence-electron chi connectivity index (χ0n) is 17.0. The van der Waals surface area contributed by atoms with E-state index in [-0.39, 0.29) is 11.2 Å². The van der Waals surface area contributed by atoms with Crippen molar-refractivity contribution in [2.75, 3.05) is 5.32 Å². The van der Waals surface area contributed by atoms with Gasteiger partial charge >= 0.3 is 0 Å². The van der Waals surface area contributed by atoms with Crippen LogP contribution < -0.4 is 5.32 Å². The molecule has 2 aliphatic rings. The number of allylic oxidation sites excluding steroid dienone is 2. The number of anilines is 2. The third kappa shape index (κ3) is 3.43. The molecule has 2 aromatic heterocycles. The number of aromatic nitrogens is 3. The lowest BCUT2D eigenvalue weighted by molar-refractivity contribution is 0.0951. The lowest BCUT2D eigenvalue weighted by Gasteiger charge is -2.16. The smallest absolute Gasteiger partial charge is 0.227 e. The highest BCUT2D eigenvalue weighted by Gasteiger charge is 2.25. The van der Waals surface area contributed by atoms with Crippen LogP contribution in [0.3, 0.4) is 0 Å². The van der Waals surface area contributed by atoms with Crippen molar-refractivity contribution in [1.82, 2.24) is 15.0 Å². The van der Waals surface area contributed by atoms with Crippen molar-refractivity contribution < 1.29 is 4.79 Å². The van der Waals surface area contributed by atoms with E-state index < -0.39 is 0 Å². The zero-order chi connectivity index (χ0) is 20.7. The fraction of sp³-hybridized carbons (Fsp3) is 0.200. The van der Waals surface area contributed by atoms with E-state index in [1.807, 2.05) is 30.5 Å². The van der Waals surface area contributed by atoms with Crippen molar-refractivity contribution >= 4 is 29.1 Å². The molecule has 30 heavy (non-hydrogen) atoms. The van der Waals surface area contributed by atoms with Crippen LogP contribution in [0, 0.1) is 5.41 Å². The summed E-state index contributed by atoms with van der Waals surface area (Å²) in [6, 6.07) is 9.86. The average molecular weight is 394 g/mol. The third-order valence-electron chi connectivity index (χ3n) is 5.59. The van der Waals surface area contributed by atoms with E-state index in [0.717, 1.165) is 45.6 Å². The molecule has 0 spiro atoms. The summed E-state index contributed by atoms with van der Waals surface area (Å²) < 4.78 is 0. The summed E-state index contributed by atoms with van der Waals surface area (Å²) in [6.07, 6.45) is 13.0. The molecule has 148 valence electrons. The van der Waals surface area contributed by atoms with E-state index in [1.165, 1.54) is 0 Å². The van der Waals surface area contributed by atoms with E-state index in [2.05, 4.69) is 53.4 Å². The Kier molecular flexibility index (Phi) is 4.31. The number of nitrogens with zero attached hydrogens (tertiary/aromatic N) is 3. The Hall–Kier alpha value is -3.60. The minimum atomic E-state index is -0.123. The van der Waals surface area contributed by atoms with E-state index in [1.54, 1.807) is 12.4 Å². The summed E-state index contributed by atoms with van der Waals surface area (Å²) in [6.45, 7) is 4.19. The van der Waals surface area contributed by atoms with Crippen molar-refractivity contribution in [3.63, 3.8) is 0 Å². The molecular weight excluding hydrogens is 372 g/mol. The summed E-state index contributed by atoms with van der Waals surface area (Å²) in [5.74, 6) is 0.773. The van der Waals surface area contributed by atoms with Crippen molar-refractivity contribution in [2.45, 2.75) is 26.7 Å². The van der Waals surface area contributed by atoms with Gasteiger partial charge in [-0.05, 0) is 40.3 Å². The van der Waals surface area contributed by atoms with Gasteiger partial charge in [0.25, 0.3) is 0 Å². The van der Waals surface area contributed by atoms with Crippen molar-refractivity contribution in [1.29, 1.82) is 0 Å². The molecule has 1 N–H and O–H groups in total. The van der Waals surface area contributed by atoms with Crippen LogP contribution in [-0.4, -0.2) is 20.7 Å². The lowest BCUT2D eigenvalue weighted by Crippen LogP contribution is -2.13. The molecule has 0 radical (unpaired) electrons. The molecule has 0 saturated carbocycles. The summed E-state index contributed by atoms with van der Waals surface area (Å²) >= 11 is 0. The number of carbonyl (C=O) groups excluding carboxylic acids is 1. The molecule has 5 heteroatoms. The second kappa shape index (κ2) is 7.02. The van der Waals surface area contributed by atoms with E-state index in [4.69, 9.17) is 4.98 Å². The molecule has 2 heterocycles. The topological polar surface area (TPSA) is 67.8 Å². The Labute approximate surface area is 175 Å². The average Bonchev–Trinajstić information content (AvgIpc) is 3.11. The Morgan fingerprint density at radius 2 is 1.90 bits per heavy atom. The molecular formula is C25H22N4O. The third-order valence-corrected chi connectivity index (χ3v) is 5.59. The minimum absolute atomic E-state index is 0.123. The largest absolute Gasteiger partial charge is 0.324 e. The van der Waals surface area contributed by atoms with Gasteiger partial charge in [0.2, 0.25) is 5.95 Å². The molecule has 2 aliphatic carbocycles. The molecule has 5 rings (SSSR count). The second-order valence-electron chi connectivity index (χ2n) is 8.46. The van der Waals surface area contributed by atoms with Crippen LogP contribution in [0.2, 0.25) is 0 Å². The maximum Gasteiger partial charge on any atom is 0.227 e. The van der Waals surface area contributed by atoms with Gasteiger partial charge < -0.3 is 5.32 Å². The number of fused-ring (bicyclic) bond motifs is 2. The lowest BCUT2D eigenvalue weighted by atomic mass is 9.87. The number of carbonyl (C=O) groups is 1. The highest BCUT2D eigenvalue weighted by atomic mass is 16.1. The van der Waals surface area contributed by atoms with Gasteiger partial charge in [-0.1, -0.05) is 44.2 Å².